The first-order valence-electron chi connectivity index (χ1n) is 9.23. The van der Waals surface area contributed by atoms with Crippen molar-refractivity contribution in [3.8, 4) is 5.75 Å². The molecule has 2 N–H and O–H groups in total. The molecule has 0 aliphatic carbocycles. The van der Waals surface area contributed by atoms with Gasteiger partial charge in [-0.3, -0.25) is 4.79 Å². The summed E-state index contributed by atoms with van der Waals surface area (Å²) in [4.78, 5) is 16.6. The zero-order chi connectivity index (χ0) is 18.5. The Balaban J connectivity index is 1.51. The maximum atomic E-state index is 12.5. The number of aliphatic hydroxyl groups is 2. The van der Waals surface area contributed by atoms with Crippen molar-refractivity contribution < 1.29 is 19.7 Å². The van der Waals surface area contributed by atoms with Crippen molar-refractivity contribution in [2.75, 3.05) is 45.9 Å². The molecule has 2 aliphatic rings. The number of hydrogen-bond acceptors (Lipinski definition) is 5. The molecule has 3 rings (SSSR count). The minimum atomic E-state index is -0.191. The largest absolute Gasteiger partial charge is 0.482 e. The number of ether oxygens (including phenoxy) is 1. The van der Waals surface area contributed by atoms with Crippen LogP contribution in [0.1, 0.15) is 12.8 Å². The summed E-state index contributed by atoms with van der Waals surface area (Å²) in [5.41, 5.74) is 0. The van der Waals surface area contributed by atoms with E-state index < -0.39 is 0 Å². The van der Waals surface area contributed by atoms with Crippen LogP contribution in [0.25, 0.3) is 0 Å². The van der Waals surface area contributed by atoms with Gasteiger partial charge in [0.25, 0.3) is 5.91 Å². The number of likely N-dealkylation sites (tertiary alicyclic amines) is 2. The topological polar surface area (TPSA) is 73.2 Å². The van der Waals surface area contributed by atoms with Crippen LogP contribution in [0, 0.1) is 11.8 Å². The highest BCUT2D eigenvalue weighted by Crippen LogP contribution is 2.27. The van der Waals surface area contributed by atoms with Gasteiger partial charge in [-0.05, 0) is 30.9 Å². The molecule has 2 heterocycles. The third-order valence-electron chi connectivity index (χ3n) is 5.40. The van der Waals surface area contributed by atoms with Gasteiger partial charge in [0.05, 0.1) is 11.1 Å². The Labute approximate surface area is 159 Å². The fourth-order valence-corrected chi connectivity index (χ4v) is 3.97. The Morgan fingerprint density at radius 1 is 1.19 bits per heavy atom. The second-order valence-electron chi connectivity index (χ2n) is 7.25. The van der Waals surface area contributed by atoms with Gasteiger partial charge < -0.3 is 24.7 Å². The number of nitrogens with zero attached hydrogens (tertiary/aromatic N) is 2. The molecule has 0 aromatic heterocycles. The zero-order valence-corrected chi connectivity index (χ0v) is 15.6. The van der Waals surface area contributed by atoms with Crippen LogP contribution in [-0.2, 0) is 4.79 Å². The zero-order valence-electron chi connectivity index (χ0n) is 14.9. The van der Waals surface area contributed by atoms with E-state index in [2.05, 4.69) is 4.90 Å². The van der Waals surface area contributed by atoms with Gasteiger partial charge >= 0.3 is 0 Å². The van der Waals surface area contributed by atoms with Crippen molar-refractivity contribution in [2.45, 2.75) is 18.9 Å². The predicted octanol–water partition coefficient (Wildman–Crippen LogP) is 1.24. The van der Waals surface area contributed by atoms with Crippen LogP contribution in [0.2, 0.25) is 5.02 Å². The van der Waals surface area contributed by atoms with Crippen LogP contribution >= 0.6 is 11.6 Å². The Morgan fingerprint density at radius 3 is 2.58 bits per heavy atom. The molecule has 1 amide bonds. The number of aliphatic hydroxyl groups excluding tert-OH is 2. The lowest BCUT2D eigenvalue weighted by atomic mass is 9.95. The Hall–Kier alpha value is -1.34. The summed E-state index contributed by atoms with van der Waals surface area (Å²) < 4.78 is 5.55. The first-order valence-corrected chi connectivity index (χ1v) is 9.61. The van der Waals surface area contributed by atoms with Gasteiger partial charge in [0.1, 0.15) is 5.75 Å². The Morgan fingerprint density at radius 2 is 1.88 bits per heavy atom. The van der Waals surface area contributed by atoms with Gasteiger partial charge in [-0.2, -0.15) is 0 Å². The van der Waals surface area contributed by atoms with Crippen molar-refractivity contribution in [3.05, 3.63) is 29.3 Å². The second-order valence-corrected chi connectivity index (χ2v) is 7.66. The summed E-state index contributed by atoms with van der Waals surface area (Å²) in [6.45, 7) is 3.82. The van der Waals surface area contributed by atoms with Gasteiger partial charge in [0.2, 0.25) is 0 Å². The molecule has 2 aliphatic heterocycles. The third-order valence-corrected chi connectivity index (χ3v) is 5.71. The first-order chi connectivity index (χ1) is 12.6. The molecule has 0 bridgehead atoms. The van der Waals surface area contributed by atoms with Gasteiger partial charge in [0, 0.05) is 45.2 Å². The average Bonchev–Trinajstić information content (AvgIpc) is 3.05. The number of carbonyl (C=O) groups excluding carboxylic acids is 1. The summed E-state index contributed by atoms with van der Waals surface area (Å²) in [6, 6.07) is 7.09. The van der Waals surface area contributed by atoms with Crippen molar-refractivity contribution >= 4 is 17.5 Å². The van der Waals surface area contributed by atoms with E-state index in [4.69, 9.17) is 16.3 Å². The van der Waals surface area contributed by atoms with Crippen LogP contribution in [0.5, 0.6) is 5.75 Å². The number of amides is 1. The number of piperidine rings is 1. The number of hydrogen-bond donors (Lipinski definition) is 2. The quantitative estimate of drug-likeness (QED) is 0.774. The highest BCUT2D eigenvalue weighted by molar-refractivity contribution is 6.32. The van der Waals surface area contributed by atoms with Crippen molar-refractivity contribution in [1.29, 1.82) is 0 Å². The molecular formula is C19H27ClN2O4. The molecule has 2 unspecified atom stereocenters. The summed E-state index contributed by atoms with van der Waals surface area (Å²) in [6.07, 6.45) is 1.40. The molecule has 1 aromatic carbocycles. The summed E-state index contributed by atoms with van der Waals surface area (Å²) >= 11 is 6.05. The molecular weight excluding hydrogens is 356 g/mol. The van der Waals surface area contributed by atoms with Crippen LogP contribution < -0.4 is 4.74 Å². The molecule has 2 fully saturated rings. The molecule has 0 radical (unpaired) electrons. The molecule has 2 atom stereocenters. The van der Waals surface area contributed by atoms with Crippen LogP contribution in [0.15, 0.2) is 24.3 Å². The second kappa shape index (κ2) is 9.04. The highest BCUT2D eigenvalue weighted by Gasteiger charge is 2.36. The minimum Gasteiger partial charge on any atom is -0.482 e. The molecule has 6 nitrogen and oxygen atoms in total. The van der Waals surface area contributed by atoms with Gasteiger partial charge in [-0.15, -0.1) is 0 Å². The van der Waals surface area contributed by atoms with Gasteiger partial charge in [0.15, 0.2) is 6.61 Å². The molecule has 7 heteroatoms. The van der Waals surface area contributed by atoms with Crippen LogP contribution in [0.3, 0.4) is 0 Å². The van der Waals surface area contributed by atoms with E-state index >= 15 is 0 Å². The van der Waals surface area contributed by atoms with Crippen molar-refractivity contribution in [3.63, 3.8) is 0 Å². The number of benzene rings is 1. The lowest BCUT2D eigenvalue weighted by Crippen LogP contribution is -2.41. The molecule has 1 aromatic rings. The van der Waals surface area contributed by atoms with Crippen molar-refractivity contribution in [2.24, 2.45) is 11.8 Å². The molecule has 0 saturated carbocycles. The normalized spacial score (nSPS) is 24.8. The van der Waals surface area contributed by atoms with Crippen LogP contribution in [-0.4, -0.2) is 78.0 Å². The lowest BCUT2D eigenvalue weighted by molar-refractivity contribution is -0.132. The number of para-hydroxylation sites is 1. The number of halogens is 1. The third kappa shape index (κ3) is 4.88. The summed E-state index contributed by atoms with van der Waals surface area (Å²) in [7, 11) is 0. The minimum absolute atomic E-state index is 0.0511. The fraction of sp³-hybridized carbons (Fsp3) is 0.632. The summed E-state index contributed by atoms with van der Waals surface area (Å²) in [5, 5.41) is 19.8. The number of rotatable bonds is 6. The first kappa shape index (κ1) is 19.4. The van der Waals surface area contributed by atoms with Crippen molar-refractivity contribution in [1.82, 2.24) is 9.80 Å². The predicted molar refractivity (Wildman–Crippen MR) is 99.3 cm³/mol. The maximum Gasteiger partial charge on any atom is 0.260 e. The van der Waals surface area contributed by atoms with E-state index in [-0.39, 0.29) is 37.1 Å². The molecule has 26 heavy (non-hydrogen) atoms. The van der Waals surface area contributed by atoms with E-state index in [1.54, 1.807) is 17.0 Å². The average molecular weight is 383 g/mol. The van der Waals surface area contributed by atoms with E-state index in [9.17, 15) is 15.0 Å². The van der Waals surface area contributed by atoms with Gasteiger partial charge in [-0.25, -0.2) is 0 Å². The Kier molecular flexibility index (Phi) is 6.75. The van der Waals surface area contributed by atoms with E-state index in [1.165, 1.54) is 0 Å². The highest BCUT2D eigenvalue weighted by atomic mass is 35.5. The fourth-order valence-electron chi connectivity index (χ4n) is 3.78. The van der Waals surface area contributed by atoms with E-state index in [0.29, 0.717) is 23.9 Å². The Bertz CT molecular complexity index is 607. The van der Waals surface area contributed by atoms with E-state index in [1.807, 2.05) is 12.1 Å². The molecule has 144 valence electrons. The van der Waals surface area contributed by atoms with Gasteiger partial charge in [-0.1, -0.05) is 23.7 Å². The van der Waals surface area contributed by atoms with Crippen LogP contribution in [0.4, 0.5) is 0 Å². The maximum absolute atomic E-state index is 12.5. The molecule has 2 saturated heterocycles. The smallest absolute Gasteiger partial charge is 0.260 e. The monoisotopic (exact) mass is 382 g/mol. The SMILES string of the molecule is O=C(COc1ccccc1Cl)N1CC(CO)C(CN2CCC(O)CC2)C1. The van der Waals surface area contributed by atoms with E-state index in [0.717, 1.165) is 32.5 Å². The summed E-state index contributed by atoms with van der Waals surface area (Å²) in [5.74, 6) is 0.759. The number of carbonyl (C=O) groups is 1. The lowest BCUT2D eigenvalue weighted by Gasteiger charge is -2.32. The standard InChI is InChI=1S/C19H27ClN2O4/c20-17-3-1-2-4-18(17)26-13-19(25)22-10-14(15(11-22)12-23)9-21-7-5-16(24)6-8-21/h1-4,14-16,23-24H,5-13H2. The molecule has 0 spiro atoms.